The molecule has 0 aromatic heterocycles. The Balaban J connectivity index is 1.44. The lowest BCUT2D eigenvalue weighted by Gasteiger charge is -2.26. The SMILES string of the molecule is CC(C)(c1ccc(NC(=O)N2CC2)cc1)c1ccc(NC(=O)N2CC2)cc1. The molecule has 2 aliphatic rings. The van der Waals surface area contributed by atoms with Gasteiger partial charge in [0.05, 0.1) is 0 Å². The molecule has 0 atom stereocenters. The van der Waals surface area contributed by atoms with E-state index in [1.807, 2.05) is 48.5 Å². The maximum absolute atomic E-state index is 11.8. The summed E-state index contributed by atoms with van der Waals surface area (Å²) in [6.45, 7) is 7.69. The fraction of sp³-hybridized carbons (Fsp3) is 0.333. The lowest BCUT2D eigenvalue weighted by Crippen LogP contribution is -2.21. The van der Waals surface area contributed by atoms with E-state index in [0.717, 1.165) is 48.7 Å². The fourth-order valence-electron chi connectivity index (χ4n) is 3.02. The van der Waals surface area contributed by atoms with Gasteiger partial charge in [0.15, 0.2) is 0 Å². The van der Waals surface area contributed by atoms with Crippen LogP contribution in [0.25, 0.3) is 0 Å². The van der Waals surface area contributed by atoms with Crippen LogP contribution >= 0.6 is 0 Å². The number of nitrogens with one attached hydrogen (secondary N) is 2. The molecule has 2 heterocycles. The molecule has 27 heavy (non-hydrogen) atoms. The molecule has 0 aliphatic carbocycles. The van der Waals surface area contributed by atoms with Crippen molar-refractivity contribution in [3.8, 4) is 0 Å². The second kappa shape index (κ2) is 6.61. The Bertz CT molecular complexity index is 779. The average molecular weight is 364 g/mol. The van der Waals surface area contributed by atoms with E-state index >= 15 is 0 Å². The van der Waals surface area contributed by atoms with Gasteiger partial charge < -0.3 is 20.4 Å². The minimum atomic E-state index is -0.189. The van der Waals surface area contributed by atoms with Gasteiger partial charge in [0.2, 0.25) is 0 Å². The number of carbonyl (C=O) groups excluding carboxylic acids is 2. The van der Waals surface area contributed by atoms with Crippen LogP contribution in [0.5, 0.6) is 0 Å². The molecule has 0 spiro atoms. The minimum Gasteiger partial charge on any atom is -0.321 e. The van der Waals surface area contributed by atoms with Gasteiger partial charge >= 0.3 is 12.1 Å². The number of urea groups is 2. The highest BCUT2D eigenvalue weighted by Gasteiger charge is 2.26. The molecule has 0 unspecified atom stereocenters. The first-order chi connectivity index (χ1) is 12.9. The number of benzene rings is 2. The molecule has 140 valence electrons. The summed E-state index contributed by atoms with van der Waals surface area (Å²) in [4.78, 5) is 27.1. The number of nitrogens with zero attached hydrogens (tertiary/aromatic N) is 2. The van der Waals surface area contributed by atoms with Crippen LogP contribution in [0.1, 0.15) is 25.0 Å². The smallest absolute Gasteiger partial charge is 0.321 e. The van der Waals surface area contributed by atoms with E-state index in [2.05, 4.69) is 24.5 Å². The molecule has 0 saturated carbocycles. The van der Waals surface area contributed by atoms with E-state index in [9.17, 15) is 9.59 Å². The second-order valence-electron chi connectivity index (χ2n) is 7.61. The van der Waals surface area contributed by atoms with Gasteiger partial charge in [0, 0.05) is 43.0 Å². The minimum absolute atomic E-state index is 0.0397. The van der Waals surface area contributed by atoms with Crippen molar-refractivity contribution in [3.05, 3.63) is 59.7 Å². The van der Waals surface area contributed by atoms with Crippen LogP contribution in [0.2, 0.25) is 0 Å². The summed E-state index contributed by atoms with van der Waals surface area (Å²) >= 11 is 0. The molecule has 2 N–H and O–H groups in total. The number of hydrogen-bond acceptors (Lipinski definition) is 2. The third kappa shape index (κ3) is 3.89. The zero-order valence-electron chi connectivity index (χ0n) is 15.7. The van der Waals surface area contributed by atoms with E-state index in [-0.39, 0.29) is 17.5 Å². The molecule has 2 aromatic rings. The Kier molecular flexibility index (Phi) is 4.26. The topological polar surface area (TPSA) is 64.2 Å². The molecule has 0 bridgehead atoms. The van der Waals surface area contributed by atoms with E-state index in [1.165, 1.54) is 0 Å². The summed E-state index contributed by atoms with van der Waals surface area (Å²) in [5.74, 6) is 0. The average Bonchev–Trinajstić information content (AvgIpc) is 3.55. The van der Waals surface area contributed by atoms with Crippen molar-refractivity contribution in [2.24, 2.45) is 0 Å². The predicted molar refractivity (Wildman–Crippen MR) is 106 cm³/mol. The van der Waals surface area contributed by atoms with E-state index in [4.69, 9.17) is 0 Å². The van der Waals surface area contributed by atoms with Crippen LogP contribution < -0.4 is 10.6 Å². The Hall–Kier alpha value is -3.02. The normalized spacial score (nSPS) is 15.3. The van der Waals surface area contributed by atoms with Crippen LogP contribution in [0.3, 0.4) is 0 Å². The van der Waals surface area contributed by atoms with Crippen molar-refractivity contribution in [2.45, 2.75) is 19.3 Å². The van der Waals surface area contributed by atoms with Crippen molar-refractivity contribution in [3.63, 3.8) is 0 Å². The zero-order chi connectivity index (χ0) is 19.0. The first-order valence-electron chi connectivity index (χ1n) is 9.26. The third-order valence-corrected chi connectivity index (χ3v) is 5.18. The lowest BCUT2D eigenvalue weighted by atomic mass is 9.78. The largest absolute Gasteiger partial charge is 0.321 e. The van der Waals surface area contributed by atoms with E-state index < -0.39 is 0 Å². The first kappa shape index (κ1) is 17.4. The highest BCUT2D eigenvalue weighted by atomic mass is 16.2. The quantitative estimate of drug-likeness (QED) is 0.813. The first-order valence-corrected chi connectivity index (χ1v) is 9.26. The standard InChI is InChI=1S/C21H24N4O2/c1-21(2,15-3-7-17(8-4-15)22-19(26)24-11-12-24)16-5-9-18(10-6-16)23-20(27)25-13-14-25/h3-10H,11-14H2,1-2H3,(H,22,26)(H,23,27). The summed E-state index contributed by atoms with van der Waals surface area (Å²) in [6, 6.07) is 15.9. The fourth-order valence-corrected chi connectivity index (χ4v) is 3.02. The molecule has 6 nitrogen and oxygen atoms in total. The van der Waals surface area contributed by atoms with Gasteiger partial charge in [-0.25, -0.2) is 9.59 Å². The molecule has 4 rings (SSSR count). The van der Waals surface area contributed by atoms with Gasteiger partial charge in [-0.1, -0.05) is 38.1 Å². The molecular formula is C21H24N4O2. The third-order valence-electron chi connectivity index (χ3n) is 5.18. The van der Waals surface area contributed by atoms with Gasteiger partial charge in [-0.15, -0.1) is 0 Å². The summed E-state index contributed by atoms with van der Waals surface area (Å²) in [7, 11) is 0. The highest BCUT2D eigenvalue weighted by molar-refractivity contribution is 5.91. The molecule has 2 fully saturated rings. The van der Waals surface area contributed by atoms with Gasteiger partial charge in [0.1, 0.15) is 0 Å². The maximum Gasteiger partial charge on any atom is 0.321 e. The van der Waals surface area contributed by atoms with Crippen molar-refractivity contribution in [1.29, 1.82) is 0 Å². The zero-order valence-corrected chi connectivity index (χ0v) is 15.7. The Labute approximate surface area is 159 Å². The number of carbonyl (C=O) groups is 2. The van der Waals surface area contributed by atoms with Crippen LogP contribution in [-0.2, 0) is 5.41 Å². The Morgan fingerprint density at radius 1 is 0.704 bits per heavy atom. The monoisotopic (exact) mass is 364 g/mol. The number of anilines is 2. The van der Waals surface area contributed by atoms with Crippen LogP contribution in [-0.4, -0.2) is 48.0 Å². The van der Waals surface area contributed by atoms with Crippen LogP contribution in [0, 0.1) is 0 Å². The van der Waals surface area contributed by atoms with Gasteiger partial charge in [-0.2, -0.15) is 0 Å². The van der Waals surface area contributed by atoms with Crippen LogP contribution in [0.4, 0.5) is 21.0 Å². The van der Waals surface area contributed by atoms with E-state index in [1.54, 1.807) is 9.80 Å². The number of hydrogen-bond donors (Lipinski definition) is 2. The molecule has 2 saturated heterocycles. The number of rotatable bonds is 4. The number of amides is 4. The Morgan fingerprint density at radius 2 is 1.04 bits per heavy atom. The summed E-state index contributed by atoms with van der Waals surface area (Å²) in [5, 5.41) is 5.81. The lowest BCUT2D eigenvalue weighted by molar-refractivity contribution is 0.241. The van der Waals surface area contributed by atoms with Crippen molar-refractivity contribution in [1.82, 2.24) is 9.80 Å². The Morgan fingerprint density at radius 3 is 1.33 bits per heavy atom. The summed E-state index contributed by atoms with van der Waals surface area (Å²) in [5.41, 5.74) is 3.74. The molecular weight excluding hydrogens is 340 g/mol. The van der Waals surface area contributed by atoms with Gasteiger partial charge in [-0.3, -0.25) is 0 Å². The second-order valence-corrected chi connectivity index (χ2v) is 7.61. The molecule has 2 aromatic carbocycles. The van der Waals surface area contributed by atoms with Crippen molar-refractivity contribution < 1.29 is 9.59 Å². The summed E-state index contributed by atoms with van der Waals surface area (Å²) < 4.78 is 0. The summed E-state index contributed by atoms with van der Waals surface area (Å²) in [6.07, 6.45) is 0. The maximum atomic E-state index is 11.8. The molecule has 6 heteroatoms. The predicted octanol–water partition coefficient (Wildman–Crippen LogP) is 3.71. The van der Waals surface area contributed by atoms with Gasteiger partial charge in [-0.05, 0) is 35.4 Å². The molecule has 2 aliphatic heterocycles. The van der Waals surface area contributed by atoms with Crippen molar-refractivity contribution in [2.75, 3.05) is 36.8 Å². The molecule has 4 amide bonds. The van der Waals surface area contributed by atoms with E-state index in [0.29, 0.717) is 0 Å². The molecule has 0 radical (unpaired) electrons. The van der Waals surface area contributed by atoms with Gasteiger partial charge in [0.25, 0.3) is 0 Å². The highest BCUT2D eigenvalue weighted by Crippen LogP contribution is 2.33. The van der Waals surface area contributed by atoms with Crippen LogP contribution in [0.15, 0.2) is 48.5 Å². The van der Waals surface area contributed by atoms with Crippen molar-refractivity contribution >= 4 is 23.4 Å².